The summed E-state index contributed by atoms with van der Waals surface area (Å²) in [7, 11) is 0. The summed E-state index contributed by atoms with van der Waals surface area (Å²) in [6.45, 7) is 5.81. The van der Waals surface area contributed by atoms with Crippen molar-refractivity contribution in [2.24, 2.45) is 0 Å². The van der Waals surface area contributed by atoms with E-state index >= 15 is 0 Å². The van der Waals surface area contributed by atoms with Gasteiger partial charge in [0, 0.05) is 38.3 Å². The molecule has 0 radical (unpaired) electrons. The lowest BCUT2D eigenvalue weighted by atomic mass is 10.3. The molecule has 0 aliphatic carbocycles. The second-order valence-electron chi connectivity index (χ2n) is 4.81. The molecule has 1 aliphatic heterocycles. The van der Waals surface area contributed by atoms with Crippen LogP contribution in [0.1, 0.15) is 26.2 Å². The van der Waals surface area contributed by atoms with Crippen molar-refractivity contribution in [3.8, 4) is 0 Å². The van der Waals surface area contributed by atoms with Crippen LogP contribution < -0.4 is 4.90 Å². The predicted molar refractivity (Wildman–Crippen MR) is 74.8 cm³/mol. The molecule has 0 N–H and O–H groups in total. The molecule has 3 nitrogen and oxygen atoms in total. The fourth-order valence-corrected chi connectivity index (χ4v) is 2.44. The zero-order valence-corrected chi connectivity index (χ0v) is 11.1. The van der Waals surface area contributed by atoms with Crippen LogP contribution in [0.25, 0.3) is 0 Å². The van der Waals surface area contributed by atoms with Gasteiger partial charge in [0.15, 0.2) is 0 Å². The number of anilines is 1. The summed E-state index contributed by atoms with van der Waals surface area (Å²) in [6, 6.07) is 10.5. The molecule has 0 unspecified atom stereocenters. The van der Waals surface area contributed by atoms with E-state index in [1.807, 2.05) is 11.0 Å². The van der Waals surface area contributed by atoms with Crippen LogP contribution in [0.5, 0.6) is 0 Å². The average Bonchev–Trinajstić information content (AvgIpc) is 2.66. The van der Waals surface area contributed by atoms with E-state index in [2.05, 4.69) is 36.1 Å². The Bertz CT molecular complexity index is 377. The Morgan fingerprint density at radius 2 is 1.89 bits per heavy atom. The lowest BCUT2D eigenvalue weighted by Gasteiger charge is -2.23. The van der Waals surface area contributed by atoms with E-state index in [1.54, 1.807) is 0 Å². The van der Waals surface area contributed by atoms with Crippen LogP contribution in [0.2, 0.25) is 0 Å². The zero-order chi connectivity index (χ0) is 12.8. The number of para-hydroxylation sites is 1. The maximum atomic E-state index is 11.9. The van der Waals surface area contributed by atoms with Crippen LogP contribution in [0, 0.1) is 0 Å². The zero-order valence-electron chi connectivity index (χ0n) is 11.1. The molecule has 1 aromatic carbocycles. The van der Waals surface area contributed by atoms with Crippen molar-refractivity contribution in [3.05, 3.63) is 30.3 Å². The largest absolute Gasteiger partial charge is 0.370 e. The lowest BCUT2D eigenvalue weighted by Crippen LogP contribution is -2.35. The molecule has 1 aliphatic rings. The summed E-state index contributed by atoms with van der Waals surface area (Å²) >= 11 is 0. The van der Waals surface area contributed by atoms with Crippen molar-refractivity contribution < 1.29 is 4.79 Å². The van der Waals surface area contributed by atoms with E-state index in [0.29, 0.717) is 12.3 Å². The number of benzene rings is 1. The van der Waals surface area contributed by atoms with Crippen molar-refractivity contribution in [1.82, 2.24) is 4.90 Å². The molecule has 0 spiro atoms. The van der Waals surface area contributed by atoms with E-state index < -0.39 is 0 Å². The van der Waals surface area contributed by atoms with Crippen LogP contribution in [0.15, 0.2) is 30.3 Å². The van der Waals surface area contributed by atoms with Gasteiger partial charge < -0.3 is 9.80 Å². The van der Waals surface area contributed by atoms with Crippen LogP contribution >= 0.6 is 0 Å². The molecule has 1 amide bonds. The van der Waals surface area contributed by atoms with Crippen LogP contribution in [0.3, 0.4) is 0 Å². The molecule has 0 bridgehead atoms. The Kier molecular flexibility index (Phi) is 4.62. The summed E-state index contributed by atoms with van der Waals surface area (Å²) in [4.78, 5) is 16.3. The standard InChI is InChI=1S/C15H22N2O/c1-2-7-15(18)17-11-6-10-16(12-13-17)14-8-4-3-5-9-14/h3-5,8-9H,2,6-7,10-13H2,1H3. The third-order valence-electron chi connectivity index (χ3n) is 3.43. The number of nitrogens with zero attached hydrogens (tertiary/aromatic N) is 2. The summed E-state index contributed by atoms with van der Waals surface area (Å²) in [5, 5.41) is 0. The van der Waals surface area contributed by atoms with Gasteiger partial charge in [-0.2, -0.15) is 0 Å². The first-order chi connectivity index (χ1) is 8.81. The van der Waals surface area contributed by atoms with Gasteiger partial charge in [0.25, 0.3) is 0 Å². The van der Waals surface area contributed by atoms with Crippen LogP contribution in [-0.4, -0.2) is 37.0 Å². The van der Waals surface area contributed by atoms with Gasteiger partial charge in [0.1, 0.15) is 0 Å². The molecule has 0 saturated carbocycles. The maximum absolute atomic E-state index is 11.9. The van der Waals surface area contributed by atoms with Crippen molar-refractivity contribution >= 4 is 11.6 Å². The van der Waals surface area contributed by atoms with Crippen molar-refractivity contribution in [2.45, 2.75) is 26.2 Å². The SMILES string of the molecule is CCCC(=O)N1CCCN(c2ccccc2)CC1. The second-order valence-corrected chi connectivity index (χ2v) is 4.81. The predicted octanol–water partition coefficient (Wildman–Crippen LogP) is 2.53. The van der Waals surface area contributed by atoms with Crippen molar-refractivity contribution in [2.75, 3.05) is 31.1 Å². The highest BCUT2D eigenvalue weighted by Gasteiger charge is 2.18. The molecule has 2 rings (SSSR count). The highest BCUT2D eigenvalue weighted by molar-refractivity contribution is 5.76. The van der Waals surface area contributed by atoms with E-state index in [-0.39, 0.29) is 0 Å². The van der Waals surface area contributed by atoms with Gasteiger partial charge in [-0.25, -0.2) is 0 Å². The van der Waals surface area contributed by atoms with Crippen molar-refractivity contribution in [3.63, 3.8) is 0 Å². The van der Waals surface area contributed by atoms with Gasteiger partial charge >= 0.3 is 0 Å². The van der Waals surface area contributed by atoms with E-state index in [4.69, 9.17) is 0 Å². The Balaban J connectivity index is 1.94. The number of rotatable bonds is 3. The summed E-state index contributed by atoms with van der Waals surface area (Å²) in [5.41, 5.74) is 1.27. The number of hydrogen-bond donors (Lipinski definition) is 0. The smallest absolute Gasteiger partial charge is 0.222 e. The molecule has 1 heterocycles. The van der Waals surface area contributed by atoms with Gasteiger partial charge in [-0.05, 0) is 25.0 Å². The van der Waals surface area contributed by atoms with E-state index in [9.17, 15) is 4.79 Å². The number of carbonyl (C=O) groups is 1. The number of amides is 1. The first-order valence-corrected chi connectivity index (χ1v) is 6.89. The Morgan fingerprint density at radius 3 is 2.61 bits per heavy atom. The van der Waals surface area contributed by atoms with Gasteiger partial charge in [-0.15, -0.1) is 0 Å². The molecule has 0 aromatic heterocycles. The lowest BCUT2D eigenvalue weighted by molar-refractivity contribution is -0.131. The Hall–Kier alpha value is -1.51. The molecule has 3 heteroatoms. The Morgan fingerprint density at radius 1 is 1.11 bits per heavy atom. The molecule has 98 valence electrons. The molecular formula is C15H22N2O. The molecular weight excluding hydrogens is 224 g/mol. The molecule has 0 atom stereocenters. The molecule has 1 saturated heterocycles. The first kappa shape index (κ1) is 12.9. The second kappa shape index (κ2) is 6.43. The first-order valence-electron chi connectivity index (χ1n) is 6.89. The minimum Gasteiger partial charge on any atom is -0.370 e. The van der Waals surface area contributed by atoms with Gasteiger partial charge in [0.05, 0.1) is 0 Å². The fraction of sp³-hybridized carbons (Fsp3) is 0.533. The van der Waals surface area contributed by atoms with Crippen molar-refractivity contribution in [1.29, 1.82) is 0 Å². The van der Waals surface area contributed by atoms with Gasteiger partial charge in [-0.1, -0.05) is 25.1 Å². The van der Waals surface area contributed by atoms with Gasteiger partial charge in [-0.3, -0.25) is 4.79 Å². The van der Waals surface area contributed by atoms with Gasteiger partial charge in [0.2, 0.25) is 5.91 Å². The average molecular weight is 246 g/mol. The monoisotopic (exact) mass is 246 g/mol. The molecule has 18 heavy (non-hydrogen) atoms. The fourth-order valence-electron chi connectivity index (χ4n) is 2.44. The Labute approximate surface area is 109 Å². The quantitative estimate of drug-likeness (QED) is 0.818. The molecule has 1 fully saturated rings. The highest BCUT2D eigenvalue weighted by atomic mass is 16.2. The molecule has 1 aromatic rings. The van der Waals surface area contributed by atoms with E-state index in [0.717, 1.165) is 39.0 Å². The topological polar surface area (TPSA) is 23.6 Å². The maximum Gasteiger partial charge on any atom is 0.222 e. The normalized spacial score (nSPS) is 16.5. The highest BCUT2D eigenvalue weighted by Crippen LogP contribution is 2.16. The third kappa shape index (κ3) is 3.25. The summed E-state index contributed by atoms with van der Waals surface area (Å²) in [6.07, 6.45) is 2.69. The summed E-state index contributed by atoms with van der Waals surface area (Å²) < 4.78 is 0. The number of carbonyl (C=O) groups excluding carboxylic acids is 1. The number of hydrogen-bond acceptors (Lipinski definition) is 2. The van der Waals surface area contributed by atoms with Crippen LogP contribution in [0.4, 0.5) is 5.69 Å². The minimum absolute atomic E-state index is 0.312. The van der Waals surface area contributed by atoms with Crippen LogP contribution in [-0.2, 0) is 4.79 Å². The summed E-state index contributed by atoms with van der Waals surface area (Å²) in [5.74, 6) is 0.312. The minimum atomic E-state index is 0.312. The third-order valence-corrected chi connectivity index (χ3v) is 3.43. The van der Waals surface area contributed by atoms with E-state index in [1.165, 1.54) is 5.69 Å².